The number of hydrogen-bond donors (Lipinski definition) is 1. The van der Waals surface area contributed by atoms with Gasteiger partial charge in [0, 0.05) is 35.1 Å². The fourth-order valence-electron chi connectivity index (χ4n) is 3.21. The summed E-state index contributed by atoms with van der Waals surface area (Å²) < 4.78 is 6.76. The van der Waals surface area contributed by atoms with Crippen molar-refractivity contribution in [2.75, 3.05) is 4.90 Å². The van der Waals surface area contributed by atoms with Crippen molar-refractivity contribution in [3.05, 3.63) is 95.6 Å². The van der Waals surface area contributed by atoms with E-state index >= 15 is 0 Å². The molecule has 0 spiro atoms. The third kappa shape index (κ3) is 3.16. The molecule has 5 aromatic rings. The fourth-order valence-corrected chi connectivity index (χ4v) is 3.21. The number of pyridine rings is 1. The van der Waals surface area contributed by atoms with Crippen LogP contribution in [0.5, 0.6) is 0 Å². The molecule has 8 nitrogen and oxygen atoms in total. The quantitative estimate of drug-likeness (QED) is 0.497. The number of rotatable bonds is 5. The summed E-state index contributed by atoms with van der Waals surface area (Å²) in [6, 6.07) is 14.8. The number of hydrogen-bond acceptors (Lipinski definition) is 6. The zero-order chi connectivity index (χ0) is 19.6. The SMILES string of the molecule is O=c1ccc2cnc(N(c3ccccc3)c3cn[nH]c3)nc2n1Cc1ccoc1. The lowest BCUT2D eigenvalue weighted by Crippen LogP contribution is -2.22. The predicted molar refractivity (Wildman–Crippen MR) is 108 cm³/mol. The number of benzene rings is 1. The van der Waals surface area contributed by atoms with Crippen LogP contribution in [0.15, 0.2) is 88.9 Å². The summed E-state index contributed by atoms with van der Waals surface area (Å²) in [4.78, 5) is 23.8. The molecule has 0 bridgehead atoms. The van der Waals surface area contributed by atoms with Crippen molar-refractivity contribution >= 4 is 28.4 Å². The molecule has 5 rings (SSSR count). The van der Waals surface area contributed by atoms with Crippen molar-refractivity contribution < 1.29 is 4.42 Å². The summed E-state index contributed by atoms with van der Waals surface area (Å²) in [6.45, 7) is 0.361. The van der Waals surface area contributed by atoms with E-state index in [0.29, 0.717) is 18.1 Å². The molecule has 1 aromatic carbocycles. The molecule has 0 aliphatic carbocycles. The third-order valence-electron chi connectivity index (χ3n) is 4.59. The summed E-state index contributed by atoms with van der Waals surface area (Å²) in [5.41, 5.74) is 2.96. The minimum atomic E-state index is -0.141. The van der Waals surface area contributed by atoms with Gasteiger partial charge in [0.25, 0.3) is 5.56 Å². The number of aromatic nitrogens is 5. The second kappa shape index (κ2) is 7.08. The Labute approximate surface area is 165 Å². The highest BCUT2D eigenvalue weighted by atomic mass is 16.3. The predicted octanol–water partition coefficient (Wildman–Crippen LogP) is 3.63. The molecule has 142 valence electrons. The van der Waals surface area contributed by atoms with Crippen LogP contribution in [-0.2, 0) is 6.54 Å². The molecule has 0 fully saturated rings. The van der Waals surface area contributed by atoms with E-state index in [9.17, 15) is 4.79 Å². The first-order valence-corrected chi connectivity index (χ1v) is 9.01. The van der Waals surface area contributed by atoms with Crippen molar-refractivity contribution in [1.82, 2.24) is 24.7 Å². The van der Waals surface area contributed by atoms with E-state index in [2.05, 4.69) is 15.2 Å². The monoisotopic (exact) mass is 384 g/mol. The number of furan rings is 1. The molecule has 4 aromatic heterocycles. The highest BCUT2D eigenvalue weighted by molar-refractivity contribution is 5.78. The van der Waals surface area contributed by atoms with E-state index in [-0.39, 0.29) is 5.56 Å². The lowest BCUT2D eigenvalue weighted by molar-refractivity contribution is 0.562. The Bertz CT molecular complexity index is 1290. The van der Waals surface area contributed by atoms with Crippen LogP contribution in [0.1, 0.15) is 5.56 Å². The van der Waals surface area contributed by atoms with E-state index in [1.165, 1.54) is 6.07 Å². The summed E-state index contributed by atoms with van der Waals surface area (Å²) in [7, 11) is 0. The van der Waals surface area contributed by atoms with Gasteiger partial charge in [-0.2, -0.15) is 10.1 Å². The molecule has 0 unspecified atom stereocenters. The Morgan fingerprint density at radius 3 is 2.69 bits per heavy atom. The Hall–Kier alpha value is -4.20. The van der Waals surface area contributed by atoms with Gasteiger partial charge in [0.2, 0.25) is 5.95 Å². The van der Waals surface area contributed by atoms with Crippen LogP contribution < -0.4 is 10.5 Å². The second-order valence-electron chi connectivity index (χ2n) is 6.47. The first-order chi connectivity index (χ1) is 14.3. The molecule has 0 atom stereocenters. The van der Waals surface area contributed by atoms with Gasteiger partial charge in [-0.25, -0.2) is 4.98 Å². The van der Waals surface area contributed by atoms with Crippen LogP contribution in [0, 0.1) is 0 Å². The Balaban J connectivity index is 1.69. The van der Waals surface area contributed by atoms with Gasteiger partial charge in [0.05, 0.1) is 31.0 Å². The minimum absolute atomic E-state index is 0.141. The van der Waals surface area contributed by atoms with Gasteiger partial charge in [-0.15, -0.1) is 0 Å². The molecule has 0 aliphatic rings. The average molecular weight is 384 g/mol. The van der Waals surface area contributed by atoms with Gasteiger partial charge in [-0.3, -0.25) is 19.4 Å². The van der Waals surface area contributed by atoms with Crippen molar-refractivity contribution in [1.29, 1.82) is 0 Å². The normalized spacial score (nSPS) is 11.0. The zero-order valence-electron chi connectivity index (χ0n) is 15.3. The molecule has 0 amide bonds. The van der Waals surface area contributed by atoms with Crippen molar-refractivity contribution in [3.63, 3.8) is 0 Å². The molecule has 29 heavy (non-hydrogen) atoms. The highest BCUT2D eigenvalue weighted by Gasteiger charge is 2.17. The number of aromatic amines is 1. The lowest BCUT2D eigenvalue weighted by Gasteiger charge is -2.21. The number of nitrogens with one attached hydrogen (secondary N) is 1. The molecule has 0 radical (unpaired) electrons. The van der Waals surface area contributed by atoms with Crippen LogP contribution in [0.25, 0.3) is 11.0 Å². The molecule has 4 heterocycles. The van der Waals surface area contributed by atoms with Crippen molar-refractivity contribution in [2.24, 2.45) is 0 Å². The van der Waals surface area contributed by atoms with Gasteiger partial charge in [-0.1, -0.05) is 18.2 Å². The Kier molecular flexibility index (Phi) is 4.14. The van der Waals surface area contributed by atoms with Gasteiger partial charge in [-0.05, 0) is 24.3 Å². The summed E-state index contributed by atoms with van der Waals surface area (Å²) >= 11 is 0. The highest BCUT2D eigenvalue weighted by Crippen LogP contribution is 2.31. The van der Waals surface area contributed by atoms with Gasteiger partial charge in [0.1, 0.15) is 5.65 Å². The molecular formula is C21H16N6O2. The van der Waals surface area contributed by atoms with Crippen LogP contribution in [0.3, 0.4) is 0 Å². The summed E-state index contributed by atoms with van der Waals surface area (Å²) in [5.74, 6) is 0.441. The van der Waals surface area contributed by atoms with E-state index in [0.717, 1.165) is 22.3 Å². The third-order valence-corrected chi connectivity index (χ3v) is 4.59. The fraction of sp³-hybridized carbons (Fsp3) is 0.0476. The topological polar surface area (TPSA) is 92.8 Å². The molecule has 0 aliphatic heterocycles. The van der Waals surface area contributed by atoms with Crippen LogP contribution in [0.2, 0.25) is 0 Å². The Morgan fingerprint density at radius 1 is 1.03 bits per heavy atom. The number of fused-ring (bicyclic) bond motifs is 1. The zero-order valence-corrected chi connectivity index (χ0v) is 15.3. The minimum Gasteiger partial charge on any atom is -0.472 e. The van der Waals surface area contributed by atoms with E-state index in [4.69, 9.17) is 9.40 Å². The van der Waals surface area contributed by atoms with Crippen LogP contribution >= 0.6 is 0 Å². The summed E-state index contributed by atoms with van der Waals surface area (Å²) in [5, 5.41) is 7.65. The standard InChI is InChI=1S/C21H16N6O2/c28-19-7-6-16-10-22-21(25-20(16)26(19)13-15-8-9-29-14-15)27(18-11-23-24-12-18)17-4-2-1-3-5-17/h1-12,14H,13H2,(H,23,24). The summed E-state index contributed by atoms with van der Waals surface area (Å²) in [6.07, 6.45) is 8.39. The molecule has 1 N–H and O–H groups in total. The van der Waals surface area contributed by atoms with Crippen LogP contribution in [0.4, 0.5) is 17.3 Å². The van der Waals surface area contributed by atoms with E-state index < -0.39 is 0 Å². The molecular weight excluding hydrogens is 368 g/mol. The van der Waals surface area contributed by atoms with Crippen LogP contribution in [-0.4, -0.2) is 24.7 Å². The molecule has 0 saturated carbocycles. The van der Waals surface area contributed by atoms with E-state index in [1.54, 1.807) is 41.8 Å². The molecule has 0 saturated heterocycles. The number of anilines is 3. The molecule has 8 heteroatoms. The maximum Gasteiger partial charge on any atom is 0.252 e. The second-order valence-corrected chi connectivity index (χ2v) is 6.47. The van der Waals surface area contributed by atoms with Gasteiger partial charge in [0.15, 0.2) is 0 Å². The lowest BCUT2D eigenvalue weighted by atomic mass is 10.2. The number of para-hydroxylation sites is 1. The first-order valence-electron chi connectivity index (χ1n) is 9.01. The average Bonchev–Trinajstić information content (AvgIpc) is 3.46. The number of nitrogens with zero attached hydrogens (tertiary/aromatic N) is 5. The largest absolute Gasteiger partial charge is 0.472 e. The van der Waals surface area contributed by atoms with Gasteiger partial charge < -0.3 is 4.42 Å². The van der Waals surface area contributed by atoms with Crippen molar-refractivity contribution in [2.45, 2.75) is 6.54 Å². The Morgan fingerprint density at radius 2 is 1.93 bits per heavy atom. The number of H-pyrrole nitrogens is 1. The van der Waals surface area contributed by atoms with Crippen molar-refractivity contribution in [3.8, 4) is 0 Å². The van der Waals surface area contributed by atoms with E-state index in [1.807, 2.05) is 41.3 Å². The first kappa shape index (κ1) is 16.9. The maximum atomic E-state index is 12.6. The smallest absolute Gasteiger partial charge is 0.252 e. The maximum absolute atomic E-state index is 12.6. The van der Waals surface area contributed by atoms with Gasteiger partial charge >= 0.3 is 0 Å².